The van der Waals surface area contributed by atoms with Crippen LogP contribution >= 0.6 is 11.6 Å². The Kier molecular flexibility index (Phi) is 5.74. The van der Waals surface area contributed by atoms with Gasteiger partial charge >= 0.3 is 6.03 Å². The number of aryl methyl sites for hydroxylation is 1. The second kappa shape index (κ2) is 7.77. The van der Waals surface area contributed by atoms with Gasteiger partial charge in [-0.3, -0.25) is 0 Å². The van der Waals surface area contributed by atoms with E-state index >= 15 is 0 Å². The smallest absolute Gasteiger partial charge is 0.319 e. The van der Waals surface area contributed by atoms with Gasteiger partial charge < -0.3 is 15.4 Å². The number of amides is 2. The molecule has 0 fully saturated rings. The van der Waals surface area contributed by atoms with Crippen molar-refractivity contribution in [1.29, 1.82) is 0 Å². The van der Waals surface area contributed by atoms with Gasteiger partial charge in [0.25, 0.3) is 0 Å². The highest BCUT2D eigenvalue weighted by atomic mass is 35.5. The number of ether oxygens (including phenoxy) is 1. The highest BCUT2D eigenvalue weighted by Crippen LogP contribution is 2.21. The number of nitrogens with zero attached hydrogens (tertiary/aromatic N) is 3. The molecule has 0 aliphatic carbocycles. The number of hydrogen-bond acceptors (Lipinski definition) is 4. The van der Waals surface area contributed by atoms with E-state index in [1.807, 2.05) is 6.92 Å². The van der Waals surface area contributed by atoms with Gasteiger partial charge in [-0.2, -0.15) is 15.0 Å². The minimum Gasteiger partial charge on any atom is -0.380 e. The Morgan fingerprint density at radius 3 is 2.95 bits per heavy atom. The first-order valence-corrected chi connectivity index (χ1v) is 7.21. The van der Waals surface area contributed by atoms with Crippen molar-refractivity contribution in [3.8, 4) is 0 Å². The van der Waals surface area contributed by atoms with Crippen LogP contribution in [0.4, 0.5) is 10.5 Å². The number of urea groups is 1. The lowest BCUT2D eigenvalue weighted by Gasteiger charge is -2.11. The largest absolute Gasteiger partial charge is 0.380 e. The molecular formula is C14H18ClN5O2. The van der Waals surface area contributed by atoms with Crippen LogP contribution < -0.4 is 10.6 Å². The first-order valence-electron chi connectivity index (χ1n) is 6.83. The highest BCUT2D eigenvalue weighted by molar-refractivity contribution is 6.30. The minimum absolute atomic E-state index is 0.305. The van der Waals surface area contributed by atoms with Crippen molar-refractivity contribution in [2.75, 3.05) is 12.4 Å². The van der Waals surface area contributed by atoms with Gasteiger partial charge in [-0.25, -0.2) is 4.79 Å². The average molecular weight is 324 g/mol. The Balaban J connectivity index is 1.94. The van der Waals surface area contributed by atoms with Gasteiger partial charge in [0.15, 0.2) is 0 Å². The predicted octanol–water partition coefficient (Wildman–Crippen LogP) is 2.42. The maximum absolute atomic E-state index is 12.0. The van der Waals surface area contributed by atoms with Gasteiger partial charge in [0, 0.05) is 23.4 Å². The second-order valence-electron chi connectivity index (χ2n) is 4.57. The SMILES string of the molecule is CCn1ncc(CNC(=O)Nc2ccc(Cl)cc2COC)n1. The number of anilines is 1. The molecule has 2 rings (SSSR count). The maximum atomic E-state index is 12.0. The summed E-state index contributed by atoms with van der Waals surface area (Å²) in [6.07, 6.45) is 1.63. The molecule has 7 nitrogen and oxygen atoms in total. The molecular weight excluding hydrogens is 306 g/mol. The Labute approximate surface area is 133 Å². The molecule has 0 atom stereocenters. The van der Waals surface area contributed by atoms with E-state index in [4.69, 9.17) is 16.3 Å². The predicted molar refractivity (Wildman–Crippen MR) is 83.7 cm³/mol. The van der Waals surface area contributed by atoms with E-state index < -0.39 is 0 Å². The Morgan fingerprint density at radius 2 is 2.27 bits per heavy atom. The van der Waals surface area contributed by atoms with E-state index in [-0.39, 0.29) is 6.03 Å². The van der Waals surface area contributed by atoms with E-state index in [1.165, 1.54) is 0 Å². The third-order valence-corrected chi connectivity index (χ3v) is 3.15. The molecule has 1 heterocycles. The molecule has 2 amide bonds. The number of rotatable bonds is 6. The molecule has 0 spiro atoms. The van der Waals surface area contributed by atoms with Crippen molar-refractivity contribution in [2.24, 2.45) is 0 Å². The van der Waals surface area contributed by atoms with Gasteiger partial charge in [-0.1, -0.05) is 11.6 Å². The Morgan fingerprint density at radius 1 is 1.45 bits per heavy atom. The van der Waals surface area contributed by atoms with Crippen molar-refractivity contribution in [3.05, 3.63) is 40.7 Å². The monoisotopic (exact) mass is 323 g/mol. The van der Waals surface area contributed by atoms with E-state index in [2.05, 4.69) is 20.8 Å². The lowest BCUT2D eigenvalue weighted by atomic mass is 10.2. The molecule has 1 aromatic carbocycles. The minimum atomic E-state index is -0.328. The zero-order valence-electron chi connectivity index (χ0n) is 12.5. The van der Waals surface area contributed by atoms with Crippen LogP contribution in [0.3, 0.4) is 0 Å². The fourth-order valence-corrected chi connectivity index (χ4v) is 2.06. The summed E-state index contributed by atoms with van der Waals surface area (Å²) in [5, 5.41) is 14.3. The summed E-state index contributed by atoms with van der Waals surface area (Å²) in [6, 6.07) is 4.88. The molecule has 0 bridgehead atoms. The molecule has 118 valence electrons. The number of halogens is 1. The van der Waals surface area contributed by atoms with E-state index in [0.29, 0.717) is 36.1 Å². The number of carbonyl (C=O) groups excluding carboxylic acids is 1. The molecule has 0 saturated carbocycles. The fourth-order valence-electron chi connectivity index (χ4n) is 1.86. The third kappa shape index (κ3) is 4.44. The summed E-state index contributed by atoms with van der Waals surface area (Å²) >= 11 is 5.94. The number of hydrogen-bond donors (Lipinski definition) is 2. The van der Waals surface area contributed by atoms with Crippen LogP contribution in [0.25, 0.3) is 0 Å². The van der Waals surface area contributed by atoms with Crippen LogP contribution in [0.1, 0.15) is 18.2 Å². The Bertz CT molecular complexity index is 644. The van der Waals surface area contributed by atoms with Crippen LogP contribution in [0.15, 0.2) is 24.4 Å². The standard InChI is InChI=1S/C14H18ClN5O2/c1-3-20-17-8-12(19-20)7-16-14(21)18-13-5-4-11(15)6-10(13)9-22-2/h4-6,8H,3,7,9H2,1-2H3,(H2,16,18,21). The van der Waals surface area contributed by atoms with Crippen LogP contribution in [0.5, 0.6) is 0 Å². The summed E-state index contributed by atoms with van der Waals surface area (Å²) in [5.74, 6) is 0. The summed E-state index contributed by atoms with van der Waals surface area (Å²) in [5.41, 5.74) is 2.16. The fraction of sp³-hybridized carbons (Fsp3) is 0.357. The number of aromatic nitrogens is 3. The number of benzene rings is 1. The van der Waals surface area contributed by atoms with Crippen molar-refractivity contribution < 1.29 is 9.53 Å². The van der Waals surface area contributed by atoms with Crippen molar-refractivity contribution in [1.82, 2.24) is 20.3 Å². The Hall–Kier alpha value is -2.12. The molecule has 0 radical (unpaired) electrons. The first kappa shape index (κ1) is 16.3. The van der Waals surface area contributed by atoms with Crippen LogP contribution in [-0.4, -0.2) is 28.1 Å². The summed E-state index contributed by atoms with van der Waals surface area (Å²) < 4.78 is 5.10. The van der Waals surface area contributed by atoms with Crippen LogP contribution in [0, 0.1) is 0 Å². The zero-order valence-corrected chi connectivity index (χ0v) is 13.2. The summed E-state index contributed by atoms with van der Waals surface area (Å²) in [7, 11) is 1.59. The van der Waals surface area contributed by atoms with E-state index in [1.54, 1.807) is 36.3 Å². The molecule has 0 saturated heterocycles. The topological polar surface area (TPSA) is 81.1 Å². The van der Waals surface area contributed by atoms with Crippen LogP contribution in [0.2, 0.25) is 5.02 Å². The molecule has 1 aromatic heterocycles. The lowest BCUT2D eigenvalue weighted by molar-refractivity contribution is 0.185. The van der Waals surface area contributed by atoms with Crippen molar-refractivity contribution >= 4 is 23.3 Å². The summed E-state index contributed by atoms with van der Waals surface area (Å²) in [6.45, 7) is 3.30. The molecule has 0 aliphatic rings. The van der Waals surface area contributed by atoms with Gasteiger partial charge in [-0.15, -0.1) is 0 Å². The van der Waals surface area contributed by atoms with Gasteiger partial charge in [0.1, 0.15) is 5.69 Å². The van der Waals surface area contributed by atoms with E-state index in [0.717, 1.165) is 5.56 Å². The van der Waals surface area contributed by atoms with Crippen LogP contribution in [-0.2, 0) is 24.4 Å². The highest BCUT2D eigenvalue weighted by Gasteiger charge is 2.08. The normalized spacial score (nSPS) is 10.5. The zero-order chi connectivity index (χ0) is 15.9. The molecule has 22 heavy (non-hydrogen) atoms. The molecule has 0 aliphatic heterocycles. The van der Waals surface area contributed by atoms with Crippen molar-refractivity contribution in [3.63, 3.8) is 0 Å². The number of nitrogens with one attached hydrogen (secondary N) is 2. The molecule has 0 unspecified atom stereocenters. The molecule has 2 N–H and O–H groups in total. The molecule has 2 aromatic rings. The van der Waals surface area contributed by atoms with Gasteiger partial charge in [0.2, 0.25) is 0 Å². The van der Waals surface area contributed by atoms with Crippen molar-refractivity contribution in [2.45, 2.75) is 26.6 Å². The number of carbonyl (C=O) groups is 1. The third-order valence-electron chi connectivity index (χ3n) is 2.91. The quantitative estimate of drug-likeness (QED) is 0.855. The number of methoxy groups -OCH3 is 1. The maximum Gasteiger partial charge on any atom is 0.319 e. The first-order chi connectivity index (χ1) is 10.6. The van der Waals surface area contributed by atoms with Gasteiger partial charge in [-0.05, 0) is 25.1 Å². The summed E-state index contributed by atoms with van der Waals surface area (Å²) in [4.78, 5) is 13.5. The van der Waals surface area contributed by atoms with E-state index in [9.17, 15) is 4.79 Å². The lowest BCUT2D eigenvalue weighted by Crippen LogP contribution is -2.28. The second-order valence-corrected chi connectivity index (χ2v) is 5.00. The average Bonchev–Trinajstić information content (AvgIpc) is 2.96. The molecule has 8 heteroatoms. The van der Waals surface area contributed by atoms with Gasteiger partial charge in [0.05, 0.1) is 25.9 Å².